The summed E-state index contributed by atoms with van der Waals surface area (Å²) in [6.45, 7) is 5.66. The first-order valence-electron chi connectivity index (χ1n) is 14.3. The van der Waals surface area contributed by atoms with Crippen molar-refractivity contribution in [3.63, 3.8) is 0 Å². The van der Waals surface area contributed by atoms with Gasteiger partial charge in [-0.15, -0.1) is 0 Å². The smallest absolute Gasteiger partial charge is 0.264 e. The van der Waals surface area contributed by atoms with E-state index in [1.807, 2.05) is 38.1 Å². The molecule has 0 bridgehead atoms. The Morgan fingerprint density at radius 1 is 1.00 bits per heavy atom. The highest BCUT2D eigenvalue weighted by molar-refractivity contribution is 9.10. The van der Waals surface area contributed by atoms with Crippen LogP contribution >= 0.6 is 15.9 Å². The second-order valence-electron chi connectivity index (χ2n) is 10.5. The molecule has 224 valence electrons. The molecule has 1 aliphatic carbocycles. The summed E-state index contributed by atoms with van der Waals surface area (Å²) >= 11 is 3.35. The average molecular weight is 657 g/mol. The minimum absolute atomic E-state index is 0.0462. The second-order valence-corrected chi connectivity index (χ2v) is 13.3. The number of rotatable bonds is 12. The maximum absolute atomic E-state index is 14.1. The standard InChI is InChI=1S/C32H38BrN3O5S/c1-4-41-29-17-15-28(16-18-29)36(42(39,40)30-19-13-26(33)14-20-30)22-31(37)35(21-25-10-6-5-9-23(25)2)24(3)32(38)34-27-11-7-8-12-27/h5-6,9-10,13-20,24,27H,4,7-8,11-12,21-22H2,1-3H3,(H,34,38)/t24-/m1/s1. The van der Waals surface area contributed by atoms with Gasteiger partial charge >= 0.3 is 0 Å². The van der Waals surface area contributed by atoms with Crippen molar-refractivity contribution in [2.24, 2.45) is 0 Å². The highest BCUT2D eigenvalue weighted by Crippen LogP contribution is 2.28. The fourth-order valence-corrected chi connectivity index (χ4v) is 6.76. The number of nitrogens with one attached hydrogen (secondary N) is 1. The van der Waals surface area contributed by atoms with Crippen molar-refractivity contribution in [1.82, 2.24) is 10.2 Å². The lowest BCUT2D eigenvalue weighted by Gasteiger charge is -2.33. The highest BCUT2D eigenvalue weighted by atomic mass is 79.9. The van der Waals surface area contributed by atoms with Crippen LogP contribution in [0.4, 0.5) is 5.69 Å². The van der Waals surface area contributed by atoms with Crippen LogP contribution in [-0.2, 0) is 26.2 Å². The van der Waals surface area contributed by atoms with Gasteiger partial charge in [-0.25, -0.2) is 8.42 Å². The van der Waals surface area contributed by atoms with Crippen molar-refractivity contribution >= 4 is 43.5 Å². The molecule has 3 aromatic carbocycles. The summed E-state index contributed by atoms with van der Waals surface area (Å²) in [6, 6.07) is 19.8. The molecule has 3 aromatic rings. The Morgan fingerprint density at radius 3 is 2.26 bits per heavy atom. The molecule has 4 rings (SSSR count). The van der Waals surface area contributed by atoms with E-state index in [2.05, 4.69) is 21.2 Å². The van der Waals surface area contributed by atoms with Gasteiger partial charge in [-0.05, 0) is 93.3 Å². The van der Waals surface area contributed by atoms with E-state index in [4.69, 9.17) is 4.74 Å². The molecule has 1 fully saturated rings. The van der Waals surface area contributed by atoms with E-state index in [0.29, 0.717) is 18.0 Å². The van der Waals surface area contributed by atoms with Crippen molar-refractivity contribution in [2.75, 3.05) is 17.5 Å². The fraction of sp³-hybridized carbons (Fsp3) is 0.375. The SMILES string of the molecule is CCOc1ccc(N(CC(=O)N(Cc2ccccc2C)[C@H](C)C(=O)NC2CCCC2)S(=O)(=O)c2ccc(Br)cc2)cc1. The summed E-state index contributed by atoms with van der Waals surface area (Å²) in [5.41, 5.74) is 2.17. The minimum Gasteiger partial charge on any atom is -0.494 e. The van der Waals surface area contributed by atoms with Crippen molar-refractivity contribution < 1.29 is 22.7 Å². The Hall–Kier alpha value is -3.37. The topological polar surface area (TPSA) is 96.0 Å². The van der Waals surface area contributed by atoms with Gasteiger partial charge in [-0.1, -0.05) is 53.0 Å². The number of nitrogens with zero attached hydrogens (tertiary/aromatic N) is 2. The number of carbonyl (C=O) groups excluding carboxylic acids is 2. The van der Waals surface area contributed by atoms with Crippen molar-refractivity contribution in [3.05, 3.63) is 88.4 Å². The van der Waals surface area contributed by atoms with Gasteiger partial charge < -0.3 is 15.0 Å². The molecular weight excluding hydrogens is 618 g/mol. The molecule has 1 N–H and O–H groups in total. The van der Waals surface area contributed by atoms with E-state index in [0.717, 1.165) is 45.6 Å². The van der Waals surface area contributed by atoms with Gasteiger partial charge in [0.1, 0.15) is 18.3 Å². The van der Waals surface area contributed by atoms with Gasteiger partial charge in [-0.3, -0.25) is 13.9 Å². The zero-order chi connectivity index (χ0) is 30.3. The third-order valence-corrected chi connectivity index (χ3v) is 9.90. The number of hydrogen-bond acceptors (Lipinski definition) is 5. The maximum Gasteiger partial charge on any atom is 0.264 e. The Balaban J connectivity index is 1.69. The number of ether oxygens (including phenoxy) is 1. The van der Waals surface area contributed by atoms with Gasteiger partial charge in [0, 0.05) is 17.1 Å². The molecule has 0 saturated heterocycles. The quantitative estimate of drug-likeness (QED) is 0.265. The average Bonchev–Trinajstić information content (AvgIpc) is 3.49. The number of anilines is 1. The molecule has 0 heterocycles. The number of carbonyl (C=O) groups is 2. The molecule has 42 heavy (non-hydrogen) atoms. The van der Waals surface area contributed by atoms with Gasteiger partial charge in [0.05, 0.1) is 17.2 Å². The number of aryl methyl sites for hydroxylation is 1. The normalized spacial score (nSPS) is 14.3. The van der Waals surface area contributed by atoms with Crippen LogP contribution in [0, 0.1) is 6.92 Å². The van der Waals surface area contributed by atoms with E-state index >= 15 is 0 Å². The van der Waals surface area contributed by atoms with Crippen LogP contribution in [0.1, 0.15) is 50.7 Å². The molecule has 0 radical (unpaired) electrons. The highest BCUT2D eigenvalue weighted by Gasteiger charge is 2.33. The molecular formula is C32H38BrN3O5S. The molecule has 0 aromatic heterocycles. The summed E-state index contributed by atoms with van der Waals surface area (Å²) in [6.07, 6.45) is 3.97. The third-order valence-electron chi connectivity index (χ3n) is 7.59. The lowest BCUT2D eigenvalue weighted by Crippen LogP contribution is -2.52. The first-order chi connectivity index (χ1) is 20.1. The minimum atomic E-state index is -4.15. The molecule has 2 amide bonds. The molecule has 0 spiro atoms. The summed E-state index contributed by atoms with van der Waals surface area (Å²) < 4.78 is 35.3. The predicted molar refractivity (Wildman–Crippen MR) is 168 cm³/mol. The largest absolute Gasteiger partial charge is 0.494 e. The number of halogens is 1. The molecule has 0 aliphatic heterocycles. The molecule has 1 saturated carbocycles. The van der Waals surface area contributed by atoms with Gasteiger partial charge in [0.2, 0.25) is 11.8 Å². The van der Waals surface area contributed by atoms with E-state index in [1.165, 1.54) is 17.0 Å². The van der Waals surface area contributed by atoms with E-state index < -0.39 is 28.5 Å². The summed E-state index contributed by atoms with van der Waals surface area (Å²) in [5.74, 6) is -0.138. The van der Waals surface area contributed by atoms with Gasteiger partial charge in [0.25, 0.3) is 10.0 Å². The molecule has 8 nitrogen and oxygen atoms in total. The second kappa shape index (κ2) is 14.2. The number of sulfonamides is 1. The number of hydrogen-bond donors (Lipinski definition) is 1. The van der Waals surface area contributed by atoms with Crippen molar-refractivity contribution in [3.8, 4) is 5.75 Å². The summed E-state index contributed by atoms with van der Waals surface area (Å²) in [4.78, 5) is 29.0. The number of benzene rings is 3. The first kappa shape index (κ1) is 31.6. The van der Waals surface area contributed by atoms with Gasteiger partial charge in [-0.2, -0.15) is 0 Å². The van der Waals surface area contributed by atoms with E-state index in [1.54, 1.807) is 43.3 Å². The molecule has 1 aliphatic rings. The zero-order valence-electron chi connectivity index (χ0n) is 24.3. The first-order valence-corrected chi connectivity index (χ1v) is 16.5. The predicted octanol–water partition coefficient (Wildman–Crippen LogP) is 5.83. The van der Waals surface area contributed by atoms with Crippen LogP contribution in [0.2, 0.25) is 0 Å². The van der Waals surface area contributed by atoms with Crippen LogP contribution in [-0.4, -0.2) is 50.4 Å². The Morgan fingerprint density at radius 2 is 1.64 bits per heavy atom. The summed E-state index contributed by atoms with van der Waals surface area (Å²) in [5, 5.41) is 3.10. The van der Waals surface area contributed by atoms with Crippen LogP contribution in [0.3, 0.4) is 0 Å². The molecule has 1 atom stereocenters. The third kappa shape index (κ3) is 7.72. The van der Waals surface area contributed by atoms with E-state index in [9.17, 15) is 18.0 Å². The lowest BCUT2D eigenvalue weighted by molar-refractivity contribution is -0.139. The maximum atomic E-state index is 14.1. The Bertz CT molecular complexity index is 1470. The van der Waals surface area contributed by atoms with E-state index in [-0.39, 0.29) is 23.4 Å². The Labute approximate surface area is 257 Å². The van der Waals surface area contributed by atoms with Crippen LogP contribution in [0.25, 0.3) is 0 Å². The van der Waals surface area contributed by atoms with Crippen molar-refractivity contribution in [1.29, 1.82) is 0 Å². The monoisotopic (exact) mass is 655 g/mol. The van der Waals surface area contributed by atoms with Gasteiger partial charge in [0.15, 0.2) is 0 Å². The van der Waals surface area contributed by atoms with Crippen molar-refractivity contribution in [2.45, 2.75) is 70.0 Å². The molecule has 0 unspecified atom stereocenters. The van der Waals surface area contributed by atoms with Crippen LogP contribution in [0.5, 0.6) is 5.75 Å². The fourth-order valence-electron chi connectivity index (χ4n) is 5.08. The molecule has 10 heteroatoms. The van der Waals surface area contributed by atoms with Crippen LogP contribution < -0.4 is 14.4 Å². The van der Waals surface area contributed by atoms with Crippen LogP contribution in [0.15, 0.2) is 82.2 Å². The lowest BCUT2D eigenvalue weighted by atomic mass is 10.1. The number of amides is 2. The Kier molecular flexibility index (Phi) is 10.7. The summed E-state index contributed by atoms with van der Waals surface area (Å²) in [7, 11) is -4.15. The zero-order valence-corrected chi connectivity index (χ0v) is 26.7.